The number of benzene rings is 2. The molecular weight excluding hydrogens is 346 g/mol. The Kier molecular flexibility index (Phi) is 4.59. The van der Waals surface area contributed by atoms with E-state index in [0.717, 1.165) is 26.2 Å². The predicted octanol–water partition coefficient (Wildman–Crippen LogP) is 3.34. The predicted molar refractivity (Wildman–Crippen MR) is 95.5 cm³/mol. The summed E-state index contributed by atoms with van der Waals surface area (Å²) < 4.78 is 1.11. The second-order valence-corrected chi connectivity index (χ2v) is 6.83. The van der Waals surface area contributed by atoms with Gasteiger partial charge in [0.2, 0.25) is 0 Å². The first-order valence-electron chi connectivity index (χ1n) is 7.18. The van der Waals surface area contributed by atoms with Gasteiger partial charge in [0.05, 0.1) is 10.7 Å². The maximum absolute atomic E-state index is 11.9. The van der Waals surface area contributed by atoms with E-state index >= 15 is 0 Å². The number of nitrogens with one attached hydrogen (secondary N) is 1. The van der Waals surface area contributed by atoms with Crippen LogP contribution in [0.25, 0.3) is 5.69 Å². The second-order valence-electron chi connectivity index (χ2n) is 5.34. The lowest BCUT2D eigenvalue weighted by Gasteiger charge is -2.11. The molecule has 0 saturated heterocycles. The summed E-state index contributed by atoms with van der Waals surface area (Å²) in [6.07, 6.45) is 1.06. The van der Waals surface area contributed by atoms with E-state index in [1.165, 1.54) is 5.56 Å². The molecule has 0 radical (unpaired) electrons. The van der Waals surface area contributed by atoms with E-state index in [9.17, 15) is 9.59 Å². The molecule has 0 unspecified atom stereocenters. The van der Waals surface area contributed by atoms with Crippen LogP contribution in [0.3, 0.4) is 0 Å². The topological polar surface area (TPSA) is 67.8 Å². The molecule has 0 aliphatic heterocycles. The molecule has 5 nitrogen and oxygen atoms in total. The van der Waals surface area contributed by atoms with Crippen molar-refractivity contribution in [3.05, 3.63) is 79.6 Å². The van der Waals surface area contributed by atoms with E-state index < -0.39 is 11.2 Å². The van der Waals surface area contributed by atoms with Crippen LogP contribution in [0.5, 0.6) is 0 Å². The SMILES string of the molecule is Cc1ccc(Sc2c(C)cc(-n3ncc(=O)[nH]c3=O)cc2Cl)cc1. The Labute approximate surface area is 147 Å². The van der Waals surface area contributed by atoms with Gasteiger partial charge in [-0.25, -0.2) is 4.79 Å². The molecule has 24 heavy (non-hydrogen) atoms. The molecule has 0 aliphatic carbocycles. The van der Waals surface area contributed by atoms with Gasteiger partial charge < -0.3 is 0 Å². The van der Waals surface area contributed by atoms with Crippen LogP contribution in [0.2, 0.25) is 5.02 Å². The van der Waals surface area contributed by atoms with Gasteiger partial charge >= 0.3 is 5.69 Å². The highest BCUT2D eigenvalue weighted by Gasteiger charge is 2.11. The van der Waals surface area contributed by atoms with E-state index in [0.29, 0.717) is 10.7 Å². The monoisotopic (exact) mass is 359 g/mol. The molecule has 7 heteroatoms. The molecule has 0 aliphatic rings. The number of hydrogen-bond acceptors (Lipinski definition) is 4. The van der Waals surface area contributed by atoms with E-state index in [1.54, 1.807) is 17.8 Å². The zero-order valence-corrected chi connectivity index (χ0v) is 14.6. The molecule has 0 bridgehead atoms. The third kappa shape index (κ3) is 3.44. The van der Waals surface area contributed by atoms with Gasteiger partial charge in [0.25, 0.3) is 5.56 Å². The standard InChI is InChI=1S/C17H14ClN3O2S/c1-10-3-5-13(6-4-10)24-16-11(2)7-12(8-14(16)18)21-17(23)20-15(22)9-19-21/h3-9H,1-2H3,(H,20,22,23). The minimum absolute atomic E-state index is 0.506. The molecule has 3 aromatic rings. The quantitative estimate of drug-likeness (QED) is 0.778. The molecule has 0 spiro atoms. The van der Waals surface area contributed by atoms with Crippen LogP contribution in [-0.2, 0) is 0 Å². The first-order chi connectivity index (χ1) is 11.4. The van der Waals surface area contributed by atoms with Crippen LogP contribution >= 0.6 is 23.4 Å². The van der Waals surface area contributed by atoms with E-state index in [-0.39, 0.29) is 0 Å². The Hall–Kier alpha value is -2.31. The maximum atomic E-state index is 11.9. The van der Waals surface area contributed by atoms with E-state index in [2.05, 4.69) is 10.1 Å². The van der Waals surface area contributed by atoms with E-state index in [4.69, 9.17) is 11.6 Å². The van der Waals surface area contributed by atoms with Gasteiger partial charge in [-0.3, -0.25) is 9.78 Å². The lowest BCUT2D eigenvalue weighted by Crippen LogP contribution is -2.30. The third-order valence-corrected chi connectivity index (χ3v) is 5.08. The van der Waals surface area contributed by atoms with Crippen molar-refractivity contribution in [3.8, 4) is 5.69 Å². The van der Waals surface area contributed by atoms with Crippen LogP contribution in [0.1, 0.15) is 11.1 Å². The molecule has 122 valence electrons. The normalized spacial score (nSPS) is 10.8. The molecule has 0 amide bonds. The minimum Gasteiger partial charge on any atom is -0.271 e. The number of hydrogen-bond donors (Lipinski definition) is 1. The van der Waals surface area contributed by atoms with Crippen LogP contribution in [0.15, 0.2) is 62.0 Å². The summed E-state index contributed by atoms with van der Waals surface area (Å²) >= 11 is 7.98. The Morgan fingerprint density at radius 1 is 1.12 bits per heavy atom. The smallest absolute Gasteiger partial charge is 0.271 e. The van der Waals surface area contributed by atoms with Gasteiger partial charge in [-0.05, 0) is 43.7 Å². The summed E-state index contributed by atoms with van der Waals surface area (Å²) in [4.78, 5) is 27.2. The Morgan fingerprint density at radius 2 is 1.83 bits per heavy atom. The highest BCUT2D eigenvalue weighted by Crippen LogP contribution is 2.37. The summed E-state index contributed by atoms with van der Waals surface area (Å²) in [6.45, 7) is 3.96. The number of aromatic amines is 1. The average molecular weight is 360 g/mol. The first-order valence-corrected chi connectivity index (χ1v) is 8.37. The number of halogens is 1. The van der Waals surface area contributed by atoms with Crippen molar-refractivity contribution in [1.82, 2.24) is 14.8 Å². The molecule has 1 N–H and O–H groups in total. The zero-order chi connectivity index (χ0) is 17.3. The number of H-pyrrole nitrogens is 1. The average Bonchev–Trinajstić information content (AvgIpc) is 2.52. The van der Waals surface area contributed by atoms with Gasteiger partial charge in [-0.1, -0.05) is 41.1 Å². The van der Waals surface area contributed by atoms with Crippen LogP contribution in [-0.4, -0.2) is 14.8 Å². The molecule has 3 rings (SSSR count). The number of aromatic nitrogens is 3. The first kappa shape index (κ1) is 16.5. The maximum Gasteiger partial charge on any atom is 0.349 e. The molecule has 1 aromatic heterocycles. The van der Waals surface area contributed by atoms with Crippen LogP contribution < -0.4 is 11.2 Å². The molecule has 1 heterocycles. The molecule has 2 aromatic carbocycles. The van der Waals surface area contributed by atoms with Crippen molar-refractivity contribution < 1.29 is 0 Å². The lowest BCUT2D eigenvalue weighted by atomic mass is 10.2. The summed E-state index contributed by atoms with van der Waals surface area (Å²) in [6, 6.07) is 11.6. The summed E-state index contributed by atoms with van der Waals surface area (Å²) in [7, 11) is 0. The summed E-state index contributed by atoms with van der Waals surface area (Å²) in [5, 5.41) is 4.37. The molecule has 0 fully saturated rings. The van der Waals surface area contributed by atoms with Crippen molar-refractivity contribution in [2.24, 2.45) is 0 Å². The number of nitrogens with zero attached hydrogens (tertiary/aromatic N) is 2. The summed E-state index contributed by atoms with van der Waals surface area (Å²) in [5.74, 6) is 0. The van der Waals surface area contributed by atoms with Crippen LogP contribution in [0, 0.1) is 13.8 Å². The fraction of sp³-hybridized carbons (Fsp3) is 0.118. The Balaban J connectivity index is 2.01. The van der Waals surface area contributed by atoms with Crippen molar-refractivity contribution in [1.29, 1.82) is 0 Å². The highest BCUT2D eigenvalue weighted by molar-refractivity contribution is 7.99. The number of rotatable bonds is 3. The molecule has 0 saturated carbocycles. The molecule has 0 atom stereocenters. The fourth-order valence-corrected chi connectivity index (χ4v) is 3.49. The highest BCUT2D eigenvalue weighted by atomic mass is 35.5. The fourth-order valence-electron chi connectivity index (χ4n) is 2.23. The van der Waals surface area contributed by atoms with Gasteiger partial charge in [0, 0.05) is 9.79 Å². The Morgan fingerprint density at radius 3 is 2.46 bits per heavy atom. The molecular formula is C17H14ClN3O2S. The zero-order valence-electron chi connectivity index (χ0n) is 13.0. The van der Waals surface area contributed by atoms with Crippen molar-refractivity contribution in [2.75, 3.05) is 0 Å². The largest absolute Gasteiger partial charge is 0.349 e. The van der Waals surface area contributed by atoms with Crippen molar-refractivity contribution in [2.45, 2.75) is 23.6 Å². The van der Waals surface area contributed by atoms with E-state index in [1.807, 2.05) is 44.2 Å². The Bertz CT molecular complexity index is 986. The van der Waals surface area contributed by atoms with Crippen molar-refractivity contribution in [3.63, 3.8) is 0 Å². The van der Waals surface area contributed by atoms with Gasteiger partial charge in [-0.15, -0.1) is 0 Å². The summed E-state index contributed by atoms with van der Waals surface area (Å²) in [5.41, 5.74) is 1.48. The van der Waals surface area contributed by atoms with Gasteiger partial charge in [0.1, 0.15) is 6.20 Å². The van der Waals surface area contributed by atoms with Gasteiger partial charge in [0.15, 0.2) is 0 Å². The second kappa shape index (κ2) is 6.67. The number of aryl methyl sites for hydroxylation is 2. The lowest BCUT2D eigenvalue weighted by molar-refractivity contribution is 0.748. The van der Waals surface area contributed by atoms with Crippen molar-refractivity contribution >= 4 is 23.4 Å². The minimum atomic E-state index is -0.600. The van der Waals surface area contributed by atoms with Gasteiger partial charge in [-0.2, -0.15) is 9.78 Å². The van der Waals surface area contributed by atoms with Crippen LogP contribution in [0.4, 0.5) is 0 Å². The third-order valence-electron chi connectivity index (χ3n) is 3.41.